The van der Waals surface area contributed by atoms with Gasteiger partial charge in [-0.25, -0.2) is 9.97 Å². The number of aromatic nitrogens is 5. The van der Waals surface area contributed by atoms with E-state index in [1.54, 1.807) is 13.0 Å². The van der Waals surface area contributed by atoms with Crippen molar-refractivity contribution in [2.24, 2.45) is 0 Å². The first-order valence-electron chi connectivity index (χ1n) is 9.47. The van der Waals surface area contributed by atoms with Gasteiger partial charge in [0.25, 0.3) is 11.5 Å². The molecular formula is C22H16N6O2S. The molecule has 0 atom stereocenters. The molecule has 0 spiro atoms. The Balaban J connectivity index is 1.58. The number of fused-ring (bicyclic) bond motifs is 1. The lowest BCUT2D eigenvalue weighted by Gasteiger charge is -2.07. The number of hydrogen-bond donors (Lipinski definition) is 2. The minimum absolute atomic E-state index is 0.215. The number of carbonyl (C=O) groups excluding carboxylic acids is 1. The number of thiazole rings is 1. The molecule has 3 aromatic heterocycles. The van der Waals surface area contributed by atoms with E-state index in [2.05, 4.69) is 25.4 Å². The Kier molecular flexibility index (Phi) is 4.64. The lowest BCUT2D eigenvalue weighted by Crippen LogP contribution is -2.18. The number of nitrogens with one attached hydrogen (secondary N) is 2. The molecule has 2 N–H and O–H groups in total. The molecular weight excluding hydrogens is 412 g/mol. The molecule has 2 aromatic carbocycles. The van der Waals surface area contributed by atoms with Gasteiger partial charge in [0, 0.05) is 23.4 Å². The van der Waals surface area contributed by atoms with Gasteiger partial charge in [-0.1, -0.05) is 42.5 Å². The largest absolute Gasteiger partial charge is 0.304 e. The van der Waals surface area contributed by atoms with E-state index < -0.39 is 0 Å². The molecule has 3 heterocycles. The van der Waals surface area contributed by atoms with Crippen molar-refractivity contribution in [2.75, 3.05) is 5.32 Å². The van der Waals surface area contributed by atoms with Gasteiger partial charge in [0.2, 0.25) is 5.95 Å². The number of rotatable bonds is 4. The molecule has 5 rings (SSSR count). The van der Waals surface area contributed by atoms with E-state index in [4.69, 9.17) is 0 Å². The Morgan fingerprint density at radius 3 is 2.58 bits per heavy atom. The van der Waals surface area contributed by atoms with Gasteiger partial charge in [-0.3, -0.25) is 14.6 Å². The molecule has 31 heavy (non-hydrogen) atoms. The van der Waals surface area contributed by atoms with E-state index >= 15 is 0 Å². The maximum Gasteiger partial charge on any atom is 0.285 e. The van der Waals surface area contributed by atoms with E-state index in [0.717, 1.165) is 15.8 Å². The molecule has 5 aromatic rings. The number of amides is 1. The molecule has 8 nitrogen and oxygen atoms in total. The number of aryl methyl sites for hydroxylation is 1. The lowest BCUT2D eigenvalue weighted by molar-refractivity contribution is 0.102. The second kappa shape index (κ2) is 7.62. The normalized spacial score (nSPS) is 11.0. The minimum atomic E-state index is -0.364. The monoisotopic (exact) mass is 428 g/mol. The fourth-order valence-corrected chi connectivity index (χ4v) is 4.05. The molecule has 0 fully saturated rings. The zero-order valence-electron chi connectivity index (χ0n) is 16.4. The Morgan fingerprint density at radius 1 is 1.03 bits per heavy atom. The first-order valence-corrected chi connectivity index (χ1v) is 10.3. The maximum absolute atomic E-state index is 13.0. The summed E-state index contributed by atoms with van der Waals surface area (Å²) in [6.07, 6.45) is 0. The molecule has 0 aliphatic rings. The van der Waals surface area contributed by atoms with Crippen molar-refractivity contribution in [1.29, 1.82) is 0 Å². The van der Waals surface area contributed by atoms with Gasteiger partial charge >= 0.3 is 0 Å². The Bertz CT molecular complexity index is 1440. The van der Waals surface area contributed by atoms with Crippen molar-refractivity contribution in [3.63, 3.8) is 0 Å². The molecule has 1 amide bonds. The van der Waals surface area contributed by atoms with Crippen LogP contribution in [-0.2, 0) is 0 Å². The van der Waals surface area contributed by atoms with Crippen LogP contribution in [0.2, 0.25) is 0 Å². The fourth-order valence-electron chi connectivity index (χ4n) is 3.18. The Labute approximate surface area is 180 Å². The van der Waals surface area contributed by atoms with Gasteiger partial charge in [0.15, 0.2) is 5.01 Å². The number of benzene rings is 2. The van der Waals surface area contributed by atoms with Crippen LogP contribution < -0.4 is 10.9 Å². The molecule has 0 aliphatic carbocycles. The van der Waals surface area contributed by atoms with Crippen molar-refractivity contribution in [3.8, 4) is 17.2 Å². The summed E-state index contributed by atoms with van der Waals surface area (Å²) >= 11 is 1.31. The highest BCUT2D eigenvalue weighted by Gasteiger charge is 2.18. The van der Waals surface area contributed by atoms with Crippen LogP contribution in [0.5, 0.6) is 0 Å². The summed E-state index contributed by atoms with van der Waals surface area (Å²) in [6.45, 7) is 1.72. The fraction of sp³-hybridized carbons (Fsp3) is 0.0455. The Hall–Kier alpha value is -4.11. The third-order valence-electron chi connectivity index (χ3n) is 4.57. The van der Waals surface area contributed by atoms with E-state index in [0.29, 0.717) is 22.2 Å². The van der Waals surface area contributed by atoms with E-state index in [9.17, 15) is 9.59 Å². The van der Waals surface area contributed by atoms with Crippen LogP contribution in [0.4, 0.5) is 5.82 Å². The Morgan fingerprint density at radius 2 is 1.81 bits per heavy atom. The summed E-state index contributed by atoms with van der Waals surface area (Å²) in [5, 5.41) is 7.77. The molecule has 0 aliphatic heterocycles. The van der Waals surface area contributed by atoms with Crippen LogP contribution in [0, 0.1) is 6.92 Å². The topological polar surface area (TPSA) is 106 Å². The smallest absolute Gasteiger partial charge is 0.285 e. The van der Waals surface area contributed by atoms with Gasteiger partial charge < -0.3 is 5.32 Å². The van der Waals surface area contributed by atoms with Crippen molar-refractivity contribution in [2.45, 2.75) is 6.92 Å². The predicted octanol–water partition coefficient (Wildman–Crippen LogP) is 3.79. The first kappa shape index (κ1) is 18.9. The third kappa shape index (κ3) is 3.74. The summed E-state index contributed by atoms with van der Waals surface area (Å²) in [7, 11) is 0. The highest BCUT2D eigenvalue weighted by molar-refractivity contribution is 7.20. The van der Waals surface area contributed by atoms with Gasteiger partial charge in [-0.15, -0.1) is 11.3 Å². The van der Waals surface area contributed by atoms with Crippen molar-refractivity contribution in [3.05, 3.63) is 87.8 Å². The SMILES string of the molecule is Cc1cc(=O)[nH]c(-n2nc(-c3ccccc3)cc2NC(=O)c2nc3ccccc3s2)n1. The van der Waals surface area contributed by atoms with Crippen molar-refractivity contribution >= 4 is 33.3 Å². The maximum atomic E-state index is 13.0. The predicted molar refractivity (Wildman–Crippen MR) is 120 cm³/mol. The van der Waals surface area contributed by atoms with Crippen LogP contribution in [0.1, 0.15) is 15.5 Å². The highest BCUT2D eigenvalue weighted by atomic mass is 32.1. The van der Waals surface area contributed by atoms with E-state index in [1.807, 2.05) is 54.6 Å². The zero-order chi connectivity index (χ0) is 21.4. The van der Waals surface area contributed by atoms with Crippen LogP contribution in [-0.4, -0.2) is 30.6 Å². The molecule has 0 unspecified atom stereocenters. The van der Waals surface area contributed by atoms with Crippen molar-refractivity contribution in [1.82, 2.24) is 24.7 Å². The minimum Gasteiger partial charge on any atom is -0.304 e. The molecule has 0 radical (unpaired) electrons. The van der Waals surface area contributed by atoms with Gasteiger partial charge in [-0.2, -0.15) is 9.78 Å². The van der Waals surface area contributed by atoms with Gasteiger partial charge in [-0.05, 0) is 19.1 Å². The number of aromatic amines is 1. The van der Waals surface area contributed by atoms with Gasteiger partial charge in [0.05, 0.1) is 15.9 Å². The summed E-state index contributed by atoms with van der Waals surface area (Å²) < 4.78 is 2.35. The van der Waals surface area contributed by atoms with Crippen LogP contribution >= 0.6 is 11.3 Å². The summed E-state index contributed by atoms with van der Waals surface area (Å²) in [6, 6.07) is 20.2. The number of carbonyl (C=O) groups is 1. The standard InChI is InChI=1S/C22H16N6O2S/c1-13-11-19(29)26-22(23-13)28-18(12-16(27-28)14-7-3-2-4-8-14)25-20(30)21-24-15-9-5-6-10-17(15)31-21/h2-12H,1H3,(H,25,30)(H,23,26,29). The van der Waals surface area contributed by atoms with Crippen LogP contribution in [0.15, 0.2) is 71.5 Å². The molecule has 0 saturated carbocycles. The number of nitrogens with zero attached hydrogens (tertiary/aromatic N) is 4. The van der Waals surface area contributed by atoms with Crippen molar-refractivity contribution < 1.29 is 4.79 Å². The third-order valence-corrected chi connectivity index (χ3v) is 5.60. The van der Waals surface area contributed by atoms with E-state index in [-0.39, 0.29) is 17.4 Å². The molecule has 9 heteroatoms. The molecule has 0 bridgehead atoms. The highest BCUT2D eigenvalue weighted by Crippen LogP contribution is 2.26. The van der Waals surface area contributed by atoms with E-state index in [1.165, 1.54) is 22.1 Å². The second-order valence-corrected chi connectivity index (χ2v) is 7.87. The number of anilines is 1. The van der Waals surface area contributed by atoms with Crippen LogP contribution in [0.3, 0.4) is 0 Å². The lowest BCUT2D eigenvalue weighted by atomic mass is 10.2. The van der Waals surface area contributed by atoms with Gasteiger partial charge in [0.1, 0.15) is 5.82 Å². The number of hydrogen-bond acceptors (Lipinski definition) is 6. The number of H-pyrrole nitrogens is 1. The summed E-state index contributed by atoms with van der Waals surface area (Å²) in [5.74, 6) is 0.223. The van der Waals surface area contributed by atoms with Crippen LogP contribution in [0.25, 0.3) is 27.4 Å². The second-order valence-electron chi connectivity index (χ2n) is 6.84. The summed E-state index contributed by atoms with van der Waals surface area (Å²) in [4.78, 5) is 36.4. The quantitative estimate of drug-likeness (QED) is 0.453. The first-order chi connectivity index (χ1) is 15.1. The average molecular weight is 428 g/mol. The average Bonchev–Trinajstić information content (AvgIpc) is 3.38. The molecule has 0 saturated heterocycles. The zero-order valence-corrected chi connectivity index (χ0v) is 17.2. The molecule has 152 valence electrons. The summed E-state index contributed by atoms with van der Waals surface area (Å²) in [5.41, 5.74) is 2.50. The number of para-hydroxylation sites is 1.